The highest BCUT2D eigenvalue weighted by molar-refractivity contribution is 5.78. The van der Waals surface area contributed by atoms with Gasteiger partial charge in [0.15, 0.2) is 0 Å². The lowest BCUT2D eigenvalue weighted by atomic mass is 10.0. The lowest BCUT2D eigenvalue weighted by Crippen LogP contribution is -2.48. The smallest absolute Gasteiger partial charge is 0.236 e. The van der Waals surface area contributed by atoms with Crippen molar-refractivity contribution in [2.45, 2.75) is 52.4 Å². The van der Waals surface area contributed by atoms with E-state index in [2.05, 4.69) is 42.7 Å². The first kappa shape index (κ1) is 21.3. The van der Waals surface area contributed by atoms with E-state index >= 15 is 0 Å². The molecule has 5 nitrogen and oxygen atoms in total. The summed E-state index contributed by atoms with van der Waals surface area (Å²) in [5, 5.41) is 0. The highest BCUT2D eigenvalue weighted by Gasteiger charge is 2.33. The second kappa shape index (κ2) is 10.4. The minimum Gasteiger partial charge on any atom is -0.370 e. The predicted molar refractivity (Wildman–Crippen MR) is 113 cm³/mol. The number of rotatable bonds is 7. The van der Waals surface area contributed by atoms with Gasteiger partial charge in [0.25, 0.3) is 0 Å². The summed E-state index contributed by atoms with van der Waals surface area (Å²) >= 11 is 0. The van der Waals surface area contributed by atoms with Crippen LogP contribution < -0.4 is 0 Å². The summed E-state index contributed by atoms with van der Waals surface area (Å²) in [6.07, 6.45) is 2.36. The van der Waals surface area contributed by atoms with Gasteiger partial charge in [-0.05, 0) is 44.0 Å². The largest absolute Gasteiger partial charge is 0.370 e. The average molecular weight is 388 g/mol. The van der Waals surface area contributed by atoms with Crippen molar-refractivity contribution in [1.82, 2.24) is 14.7 Å². The monoisotopic (exact) mass is 387 g/mol. The first-order valence-electron chi connectivity index (χ1n) is 10.9. The van der Waals surface area contributed by atoms with Crippen LogP contribution in [0.5, 0.6) is 0 Å². The molecule has 0 spiro atoms. The Bertz CT molecular complexity index is 599. The van der Waals surface area contributed by atoms with E-state index in [0.29, 0.717) is 31.7 Å². The second-order valence-corrected chi connectivity index (χ2v) is 8.71. The van der Waals surface area contributed by atoms with Crippen molar-refractivity contribution in [2.75, 3.05) is 45.8 Å². The molecule has 0 radical (unpaired) electrons. The molecule has 2 aliphatic heterocycles. The zero-order valence-electron chi connectivity index (χ0n) is 17.8. The molecule has 0 aromatic heterocycles. The van der Waals surface area contributed by atoms with Gasteiger partial charge in [-0.2, -0.15) is 0 Å². The van der Waals surface area contributed by atoms with Crippen LogP contribution in [0.25, 0.3) is 0 Å². The Morgan fingerprint density at radius 3 is 2.46 bits per heavy atom. The van der Waals surface area contributed by atoms with E-state index in [9.17, 15) is 4.79 Å². The molecule has 0 aliphatic carbocycles. The van der Waals surface area contributed by atoms with Crippen LogP contribution in [0.3, 0.4) is 0 Å². The topological polar surface area (TPSA) is 36.0 Å². The van der Waals surface area contributed by atoms with E-state index in [4.69, 9.17) is 4.74 Å². The number of amides is 1. The molecule has 0 saturated carbocycles. The predicted octanol–water partition coefficient (Wildman–Crippen LogP) is 2.86. The number of hydrogen-bond donors (Lipinski definition) is 0. The molecule has 1 atom stereocenters. The van der Waals surface area contributed by atoms with Crippen LogP contribution in [0.1, 0.15) is 39.2 Å². The fraction of sp³-hybridized carbons (Fsp3) is 0.696. The van der Waals surface area contributed by atoms with Gasteiger partial charge >= 0.3 is 0 Å². The molecule has 0 unspecified atom stereocenters. The second-order valence-electron chi connectivity index (χ2n) is 8.71. The Balaban J connectivity index is 1.66. The van der Waals surface area contributed by atoms with E-state index in [1.165, 1.54) is 5.56 Å². The van der Waals surface area contributed by atoms with Crippen LogP contribution in [0.15, 0.2) is 30.3 Å². The molecule has 2 heterocycles. The average Bonchev–Trinajstić information content (AvgIpc) is 2.86. The van der Waals surface area contributed by atoms with Gasteiger partial charge in [-0.25, -0.2) is 0 Å². The lowest BCUT2D eigenvalue weighted by Gasteiger charge is -2.38. The third kappa shape index (κ3) is 6.03. The van der Waals surface area contributed by atoms with Crippen molar-refractivity contribution in [3.8, 4) is 0 Å². The third-order valence-electron chi connectivity index (χ3n) is 5.99. The Morgan fingerprint density at radius 1 is 1.11 bits per heavy atom. The first-order chi connectivity index (χ1) is 13.5. The van der Waals surface area contributed by atoms with Crippen LogP contribution >= 0.6 is 0 Å². The molecule has 1 aromatic rings. The van der Waals surface area contributed by atoms with Gasteiger partial charge in [0.2, 0.25) is 5.91 Å². The molecular weight excluding hydrogens is 350 g/mol. The molecule has 0 N–H and O–H groups in total. The van der Waals surface area contributed by atoms with Crippen LogP contribution in [-0.4, -0.2) is 78.6 Å². The number of likely N-dealkylation sites (tertiary alicyclic amines) is 1. The fourth-order valence-corrected chi connectivity index (χ4v) is 4.39. The zero-order valence-corrected chi connectivity index (χ0v) is 17.8. The van der Waals surface area contributed by atoms with E-state index in [-0.39, 0.29) is 12.0 Å². The van der Waals surface area contributed by atoms with Crippen molar-refractivity contribution >= 4 is 5.91 Å². The highest BCUT2D eigenvalue weighted by Crippen LogP contribution is 2.21. The number of nitrogens with zero attached hydrogens (tertiary/aromatic N) is 3. The van der Waals surface area contributed by atoms with Gasteiger partial charge < -0.3 is 14.5 Å². The molecule has 2 saturated heterocycles. The maximum atomic E-state index is 13.0. The normalized spacial score (nSPS) is 23.4. The van der Waals surface area contributed by atoms with Gasteiger partial charge in [0.1, 0.15) is 0 Å². The maximum Gasteiger partial charge on any atom is 0.236 e. The summed E-state index contributed by atoms with van der Waals surface area (Å²) in [6, 6.07) is 10.8. The van der Waals surface area contributed by atoms with Gasteiger partial charge in [0.05, 0.1) is 19.3 Å². The molecule has 0 bridgehead atoms. The summed E-state index contributed by atoms with van der Waals surface area (Å²) in [4.78, 5) is 19.9. The molecule has 2 fully saturated rings. The fourth-order valence-electron chi connectivity index (χ4n) is 4.39. The third-order valence-corrected chi connectivity index (χ3v) is 5.99. The molecule has 156 valence electrons. The number of piperidine rings is 1. The van der Waals surface area contributed by atoms with E-state index < -0.39 is 0 Å². The lowest BCUT2D eigenvalue weighted by molar-refractivity contribution is -0.132. The summed E-state index contributed by atoms with van der Waals surface area (Å²) in [6.45, 7) is 13.5. The summed E-state index contributed by atoms with van der Waals surface area (Å²) in [5.74, 6) is 0.732. The Kier molecular flexibility index (Phi) is 7.89. The number of carbonyl (C=O) groups is 1. The van der Waals surface area contributed by atoms with Crippen molar-refractivity contribution < 1.29 is 9.53 Å². The van der Waals surface area contributed by atoms with E-state index in [0.717, 1.165) is 45.6 Å². The quantitative estimate of drug-likeness (QED) is 0.721. The van der Waals surface area contributed by atoms with Crippen LogP contribution in [-0.2, 0) is 16.1 Å². The highest BCUT2D eigenvalue weighted by atomic mass is 16.5. The molecule has 1 aromatic carbocycles. The minimum absolute atomic E-state index is 0.0645. The van der Waals surface area contributed by atoms with Gasteiger partial charge in [-0.15, -0.1) is 0 Å². The van der Waals surface area contributed by atoms with Crippen molar-refractivity contribution in [3.63, 3.8) is 0 Å². The molecule has 1 amide bonds. The molecule has 5 heteroatoms. The Hall–Kier alpha value is -1.43. The molecule has 2 aliphatic rings. The number of ether oxygens (including phenoxy) is 1. The van der Waals surface area contributed by atoms with Crippen molar-refractivity contribution in [2.24, 2.45) is 5.92 Å². The van der Waals surface area contributed by atoms with E-state index in [1.807, 2.05) is 23.1 Å². The standard InChI is InChI=1S/C23H37N3O2/c1-4-24-12-10-21(11-13-24)25-15-22(28-18-20-8-6-5-7-9-20)16-26(14-19(2)3)23(27)17-25/h5-9,19,21-22H,4,10-18H2,1-3H3/t22-/m0/s1. The van der Waals surface area contributed by atoms with Crippen molar-refractivity contribution in [1.29, 1.82) is 0 Å². The van der Waals surface area contributed by atoms with Crippen molar-refractivity contribution in [3.05, 3.63) is 35.9 Å². The van der Waals surface area contributed by atoms with Crippen LogP contribution in [0.2, 0.25) is 0 Å². The first-order valence-corrected chi connectivity index (χ1v) is 10.9. The molecule has 3 rings (SSSR count). The molecule has 28 heavy (non-hydrogen) atoms. The Labute approximate surface area is 170 Å². The summed E-state index contributed by atoms with van der Waals surface area (Å²) < 4.78 is 6.33. The minimum atomic E-state index is 0.0645. The summed E-state index contributed by atoms with van der Waals surface area (Å²) in [5.41, 5.74) is 1.19. The van der Waals surface area contributed by atoms with Gasteiger partial charge in [-0.3, -0.25) is 9.69 Å². The number of hydrogen-bond acceptors (Lipinski definition) is 4. The number of benzene rings is 1. The number of carbonyl (C=O) groups excluding carboxylic acids is 1. The SMILES string of the molecule is CCN1CCC(N2CC(=O)N(CC(C)C)C[C@@H](OCc3ccccc3)C2)CC1. The van der Waals surface area contributed by atoms with Gasteiger partial charge in [-0.1, -0.05) is 51.1 Å². The zero-order chi connectivity index (χ0) is 19.9. The summed E-state index contributed by atoms with van der Waals surface area (Å²) in [7, 11) is 0. The van der Waals surface area contributed by atoms with Crippen LogP contribution in [0.4, 0.5) is 0 Å². The molecular formula is C23H37N3O2. The van der Waals surface area contributed by atoms with Gasteiger partial charge in [0, 0.05) is 25.7 Å². The maximum absolute atomic E-state index is 13.0. The van der Waals surface area contributed by atoms with Crippen LogP contribution in [0, 0.1) is 5.92 Å². The Morgan fingerprint density at radius 2 is 1.82 bits per heavy atom. The van der Waals surface area contributed by atoms with E-state index in [1.54, 1.807) is 0 Å².